The van der Waals surface area contributed by atoms with Gasteiger partial charge in [0.2, 0.25) is 0 Å². The molecule has 0 unspecified atom stereocenters. The zero-order valence-electron chi connectivity index (χ0n) is 25.6. The zero-order valence-corrected chi connectivity index (χ0v) is 26.4. The Labute approximate surface area is 276 Å². The molecule has 0 atom stereocenters. The number of hydrogen-bond acceptors (Lipinski definition) is 6. The van der Waals surface area contributed by atoms with Gasteiger partial charge in [-0.2, -0.15) is 0 Å². The number of nitrogens with zero attached hydrogens (tertiary/aromatic N) is 5. The number of pyridine rings is 1. The summed E-state index contributed by atoms with van der Waals surface area (Å²) in [7, 11) is 0. The average molecular weight is 622 g/mol. The van der Waals surface area contributed by atoms with Crippen LogP contribution in [0.4, 0.5) is 0 Å². The van der Waals surface area contributed by atoms with Crippen molar-refractivity contribution < 1.29 is 0 Å². The molecule has 6 heteroatoms. The Morgan fingerprint density at radius 3 is 2.11 bits per heavy atom. The predicted octanol–water partition coefficient (Wildman–Crippen LogP) is 9.78. The fourth-order valence-corrected chi connectivity index (χ4v) is 8.83. The minimum absolute atomic E-state index is 0.396. The topological polar surface area (TPSA) is 63.9 Å². The minimum atomic E-state index is -0.396. The summed E-state index contributed by atoms with van der Waals surface area (Å²) in [6.07, 6.45) is 9.01. The second kappa shape index (κ2) is 10.6. The smallest absolute Gasteiger partial charge is 0.164 e. The van der Waals surface area contributed by atoms with Crippen LogP contribution in [-0.4, -0.2) is 26.7 Å². The van der Waals surface area contributed by atoms with E-state index in [1.165, 1.54) is 53.9 Å². The van der Waals surface area contributed by atoms with Crippen LogP contribution in [0.3, 0.4) is 0 Å². The molecule has 47 heavy (non-hydrogen) atoms. The van der Waals surface area contributed by atoms with Gasteiger partial charge in [-0.15, -0.1) is 11.3 Å². The van der Waals surface area contributed by atoms with Crippen molar-refractivity contribution >= 4 is 33.7 Å². The van der Waals surface area contributed by atoms with Gasteiger partial charge in [0.25, 0.3) is 0 Å². The van der Waals surface area contributed by atoms with Gasteiger partial charge in [-0.05, 0) is 77.4 Å². The van der Waals surface area contributed by atoms with Crippen LogP contribution in [0, 0.1) is 0 Å². The lowest BCUT2D eigenvalue weighted by atomic mass is 9.74. The highest BCUT2D eigenvalue weighted by Gasteiger charge is 2.53. The molecule has 3 aromatic heterocycles. The predicted molar refractivity (Wildman–Crippen MR) is 193 cm³/mol. The molecule has 7 aromatic rings. The van der Waals surface area contributed by atoms with Gasteiger partial charge < -0.3 is 0 Å². The van der Waals surface area contributed by atoms with Gasteiger partial charge in [0.1, 0.15) is 0 Å². The summed E-state index contributed by atoms with van der Waals surface area (Å²) in [4.78, 5) is 24.4. The number of hydrogen-bond donors (Lipinski definition) is 0. The fraction of sp³-hybridized carbons (Fsp3) is 0.0488. The Morgan fingerprint density at radius 2 is 1.38 bits per heavy atom. The average Bonchev–Trinajstić information content (AvgIpc) is 3.76. The van der Waals surface area contributed by atoms with Crippen LogP contribution < -0.4 is 0 Å². The standard InChI is InChI=1S/C41H27N5S/c1-3-25(18-21-42-2)38-44-39(26-19-22-43-23-20-26)46-40(45-38)27-16-17-34-31(24-27)36-30-12-6-9-15-35(30)47-37(36)41(34)32-13-7-4-10-28(32)29-11-5-8-14-33(29)41/h3-24H,2H2,1H3/b21-18-,25-3+. The largest absolute Gasteiger partial charge is 0.272 e. The molecule has 0 N–H and O–H groups in total. The Morgan fingerprint density at radius 1 is 0.723 bits per heavy atom. The number of benzene rings is 4. The van der Waals surface area contributed by atoms with Crippen molar-refractivity contribution in [3.63, 3.8) is 0 Å². The number of aromatic nitrogens is 4. The third-order valence-corrected chi connectivity index (χ3v) is 10.6. The van der Waals surface area contributed by atoms with Crippen molar-refractivity contribution in [1.82, 2.24) is 19.9 Å². The van der Waals surface area contributed by atoms with E-state index in [4.69, 9.17) is 15.0 Å². The van der Waals surface area contributed by atoms with E-state index in [9.17, 15) is 0 Å². The van der Waals surface area contributed by atoms with E-state index < -0.39 is 5.41 Å². The van der Waals surface area contributed by atoms with Crippen molar-refractivity contribution in [3.05, 3.63) is 161 Å². The molecular weight excluding hydrogens is 595 g/mol. The van der Waals surface area contributed by atoms with Crippen molar-refractivity contribution in [1.29, 1.82) is 0 Å². The molecule has 0 aliphatic heterocycles. The number of fused-ring (bicyclic) bond motifs is 12. The third-order valence-electron chi connectivity index (χ3n) is 9.34. The maximum absolute atomic E-state index is 5.03. The molecule has 0 bridgehead atoms. The lowest BCUT2D eigenvalue weighted by molar-refractivity contribution is 0.811. The summed E-state index contributed by atoms with van der Waals surface area (Å²) >= 11 is 1.91. The monoisotopic (exact) mass is 621 g/mol. The maximum Gasteiger partial charge on any atom is 0.164 e. The van der Waals surface area contributed by atoms with Crippen LogP contribution in [0.15, 0.2) is 139 Å². The van der Waals surface area contributed by atoms with Crippen LogP contribution in [0.1, 0.15) is 34.3 Å². The number of thiophene rings is 1. The Kier molecular flexibility index (Phi) is 6.20. The SMILES string of the molecule is C=N/C=C\C(=C/C)c1nc(-c2ccncc2)nc(-c2ccc3c(c2)-c2c(sc4ccccc24)C32c3ccccc3-c3ccccc32)n1. The highest BCUT2D eigenvalue weighted by atomic mass is 32.1. The lowest BCUT2D eigenvalue weighted by Gasteiger charge is -2.29. The summed E-state index contributed by atoms with van der Waals surface area (Å²) < 4.78 is 1.29. The van der Waals surface area contributed by atoms with Gasteiger partial charge in [-0.1, -0.05) is 84.9 Å². The molecule has 2 aliphatic carbocycles. The molecule has 222 valence electrons. The van der Waals surface area contributed by atoms with Crippen molar-refractivity contribution in [2.75, 3.05) is 0 Å². The van der Waals surface area contributed by atoms with Gasteiger partial charge in [0, 0.05) is 55.8 Å². The normalized spacial score (nSPS) is 13.9. The number of rotatable bonds is 5. The summed E-state index contributed by atoms with van der Waals surface area (Å²) in [6.45, 7) is 5.56. The molecule has 5 nitrogen and oxygen atoms in total. The van der Waals surface area contributed by atoms with E-state index in [0.717, 1.165) is 16.7 Å². The summed E-state index contributed by atoms with van der Waals surface area (Å²) in [5.41, 5.74) is 11.3. The van der Waals surface area contributed by atoms with E-state index in [-0.39, 0.29) is 0 Å². The molecule has 4 aromatic carbocycles. The highest BCUT2D eigenvalue weighted by molar-refractivity contribution is 7.20. The molecule has 0 saturated carbocycles. The summed E-state index contributed by atoms with van der Waals surface area (Å²) in [5.74, 6) is 1.77. The van der Waals surface area contributed by atoms with Crippen LogP contribution in [0.5, 0.6) is 0 Å². The van der Waals surface area contributed by atoms with E-state index >= 15 is 0 Å². The molecule has 0 fully saturated rings. The molecule has 0 radical (unpaired) electrons. The Hall–Kier alpha value is -5.85. The van der Waals surface area contributed by atoms with E-state index in [2.05, 4.69) is 108 Å². The summed E-state index contributed by atoms with van der Waals surface area (Å²) in [6, 6.07) is 37.2. The maximum atomic E-state index is 5.03. The van der Waals surface area contributed by atoms with Gasteiger partial charge in [0.05, 0.1) is 5.41 Å². The van der Waals surface area contributed by atoms with Crippen LogP contribution in [0.2, 0.25) is 0 Å². The first-order chi connectivity index (χ1) is 23.2. The van der Waals surface area contributed by atoms with Gasteiger partial charge in [-0.3, -0.25) is 9.98 Å². The third kappa shape index (κ3) is 3.92. The molecule has 9 rings (SSSR count). The first-order valence-corrected chi connectivity index (χ1v) is 16.4. The van der Waals surface area contributed by atoms with Crippen LogP contribution >= 0.6 is 11.3 Å². The second-order valence-corrected chi connectivity index (χ2v) is 12.7. The van der Waals surface area contributed by atoms with Crippen molar-refractivity contribution in [2.24, 2.45) is 4.99 Å². The fourth-order valence-electron chi connectivity index (χ4n) is 7.38. The van der Waals surface area contributed by atoms with Gasteiger partial charge in [-0.25, -0.2) is 15.0 Å². The zero-order chi connectivity index (χ0) is 31.5. The first-order valence-electron chi connectivity index (χ1n) is 15.5. The van der Waals surface area contributed by atoms with E-state index in [1.807, 2.05) is 42.5 Å². The van der Waals surface area contributed by atoms with E-state index in [1.54, 1.807) is 18.6 Å². The number of aliphatic imine (C=N–C) groups is 1. The van der Waals surface area contributed by atoms with E-state index in [0.29, 0.717) is 17.5 Å². The molecule has 2 aliphatic rings. The van der Waals surface area contributed by atoms with Gasteiger partial charge in [0.15, 0.2) is 17.5 Å². The minimum Gasteiger partial charge on any atom is -0.272 e. The Balaban J connectivity index is 1.33. The Bertz CT molecular complexity index is 2410. The van der Waals surface area contributed by atoms with Crippen molar-refractivity contribution in [3.8, 4) is 45.0 Å². The van der Waals surface area contributed by atoms with Crippen LogP contribution in [0.25, 0.3) is 60.7 Å². The van der Waals surface area contributed by atoms with Gasteiger partial charge >= 0.3 is 0 Å². The quantitative estimate of drug-likeness (QED) is 0.142. The molecule has 3 heterocycles. The highest BCUT2D eigenvalue weighted by Crippen LogP contribution is 2.66. The molecule has 0 amide bonds. The first kappa shape index (κ1) is 27.5. The summed E-state index contributed by atoms with van der Waals surface area (Å²) in [5, 5.41) is 1.27. The molecule has 1 spiro atoms. The molecule has 0 saturated heterocycles. The lowest BCUT2D eigenvalue weighted by Crippen LogP contribution is -2.24. The molecular formula is C41H27N5S. The van der Waals surface area contributed by atoms with Crippen LogP contribution in [-0.2, 0) is 5.41 Å². The van der Waals surface area contributed by atoms with Crippen molar-refractivity contribution in [2.45, 2.75) is 12.3 Å². The number of allylic oxidation sites excluding steroid dienone is 3. The second-order valence-electron chi connectivity index (χ2n) is 11.7.